The lowest BCUT2D eigenvalue weighted by atomic mass is 9.81. The number of rotatable bonds is 6. The van der Waals surface area contributed by atoms with E-state index in [4.69, 9.17) is 4.74 Å². The summed E-state index contributed by atoms with van der Waals surface area (Å²) in [5.74, 6) is -1.88. The van der Waals surface area contributed by atoms with E-state index in [0.29, 0.717) is 37.1 Å². The van der Waals surface area contributed by atoms with Crippen molar-refractivity contribution in [1.82, 2.24) is 20.6 Å². The molecule has 0 bridgehead atoms. The lowest BCUT2D eigenvalue weighted by Crippen LogP contribution is -2.56. The molecule has 0 unspecified atom stereocenters. The number of aliphatic carboxylic acids is 1. The molecule has 0 aliphatic heterocycles. The van der Waals surface area contributed by atoms with Gasteiger partial charge in [0.25, 0.3) is 11.8 Å². The minimum atomic E-state index is -1.08. The van der Waals surface area contributed by atoms with Crippen LogP contribution in [0.15, 0.2) is 36.7 Å². The van der Waals surface area contributed by atoms with Crippen molar-refractivity contribution < 1.29 is 29.0 Å². The van der Waals surface area contributed by atoms with Gasteiger partial charge in [-0.25, -0.2) is 9.59 Å². The van der Waals surface area contributed by atoms with Crippen LogP contribution < -0.4 is 10.6 Å². The van der Waals surface area contributed by atoms with Gasteiger partial charge >= 0.3 is 11.9 Å². The van der Waals surface area contributed by atoms with E-state index in [1.807, 2.05) is 0 Å². The van der Waals surface area contributed by atoms with E-state index < -0.39 is 17.0 Å². The third-order valence-electron chi connectivity index (χ3n) is 6.79. The van der Waals surface area contributed by atoms with Gasteiger partial charge in [-0.1, -0.05) is 38.5 Å². The Hall–Kier alpha value is -3.56. The van der Waals surface area contributed by atoms with Gasteiger partial charge in [0.2, 0.25) is 0 Å². The van der Waals surface area contributed by atoms with Gasteiger partial charge in [0.05, 0.1) is 7.11 Å². The van der Waals surface area contributed by atoms with Crippen molar-refractivity contribution >= 4 is 23.8 Å². The van der Waals surface area contributed by atoms with Crippen molar-refractivity contribution in [1.29, 1.82) is 0 Å². The predicted octanol–water partition coefficient (Wildman–Crippen LogP) is 3.15. The van der Waals surface area contributed by atoms with Crippen molar-refractivity contribution in [2.45, 2.75) is 75.3 Å². The van der Waals surface area contributed by atoms with Crippen LogP contribution in [-0.2, 0) is 14.3 Å². The highest BCUT2D eigenvalue weighted by Gasteiger charge is 2.42. The molecule has 2 aliphatic rings. The summed E-state index contributed by atoms with van der Waals surface area (Å²) in [5.41, 5.74) is -1.07. The highest BCUT2D eigenvalue weighted by atomic mass is 16.5. The first-order valence-electron chi connectivity index (χ1n) is 12.1. The molecule has 10 heteroatoms. The number of amides is 2. The molecule has 0 atom stereocenters. The summed E-state index contributed by atoms with van der Waals surface area (Å²) >= 11 is 0. The normalized spacial score (nSPS) is 18.3. The number of hydrogen-bond donors (Lipinski definition) is 5. The highest BCUT2D eigenvalue weighted by molar-refractivity contribution is 5.97. The van der Waals surface area contributed by atoms with Gasteiger partial charge in [0.15, 0.2) is 0 Å². The monoisotopic (exact) mass is 486 g/mol. The second-order valence-corrected chi connectivity index (χ2v) is 9.16. The molecule has 190 valence electrons. The van der Waals surface area contributed by atoms with Gasteiger partial charge in [0, 0.05) is 12.4 Å². The molecule has 35 heavy (non-hydrogen) atoms. The van der Waals surface area contributed by atoms with E-state index in [1.54, 1.807) is 36.7 Å². The first-order chi connectivity index (χ1) is 16.8. The number of esters is 1. The number of carboxylic acids is 1. The van der Waals surface area contributed by atoms with Crippen molar-refractivity contribution in [2.24, 2.45) is 0 Å². The van der Waals surface area contributed by atoms with Crippen LogP contribution in [0, 0.1) is 0 Å². The molecule has 2 aliphatic carbocycles. The average molecular weight is 487 g/mol. The Morgan fingerprint density at radius 3 is 1.57 bits per heavy atom. The van der Waals surface area contributed by atoms with Crippen LogP contribution in [0.25, 0.3) is 0 Å². The number of H-pyrrole nitrogens is 2. The topological polar surface area (TPSA) is 153 Å². The second-order valence-electron chi connectivity index (χ2n) is 9.16. The quantitative estimate of drug-likeness (QED) is 0.395. The molecular weight excluding hydrogens is 452 g/mol. The molecule has 0 radical (unpaired) electrons. The SMILES string of the molecule is COC(=O)C1(NC(=O)c2ccc[nH]2)CCCCC1.O=C(NC1(C(=O)O)CCCCC1)c1ccc[nH]1. The molecule has 4 rings (SSSR count). The molecule has 2 amide bonds. The molecule has 10 nitrogen and oxygen atoms in total. The molecule has 2 saturated carbocycles. The Morgan fingerprint density at radius 1 is 0.771 bits per heavy atom. The van der Waals surface area contributed by atoms with E-state index >= 15 is 0 Å². The van der Waals surface area contributed by atoms with Crippen molar-refractivity contribution in [3.8, 4) is 0 Å². The molecular formula is C25H34N4O6. The summed E-state index contributed by atoms with van der Waals surface area (Å²) in [6.45, 7) is 0. The number of nitrogens with one attached hydrogen (secondary N) is 4. The Bertz CT molecular complexity index is 987. The molecule has 2 heterocycles. The molecule has 5 N–H and O–H groups in total. The summed E-state index contributed by atoms with van der Waals surface area (Å²) in [6, 6.07) is 6.78. The highest BCUT2D eigenvalue weighted by Crippen LogP contribution is 2.30. The smallest absolute Gasteiger partial charge is 0.331 e. The van der Waals surface area contributed by atoms with Crippen LogP contribution in [0.2, 0.25) is 0 Å². The number of hydrogen-bond acceptors (Lipinski definition) is 5. The summed E-state index contributed by atoms with van der Waals surface area (Å²) in [6.07, 6.45) is 11.3. The fourth-order valence-corrected chi connectivity index (χ4v) is 4.79. The maximum Gasteiger partial charge on any atom is 0.331 e. The van der Waals surface area contributed by atoms with Gasteiger partial charge in [-0.3, -0.25) is 9.59 Å². The van der Waals surface area contributed by atoms with Crippen LogP contribution >= 0.6 is 0 Å². The first-order valence-corrected chi connectivity index (χ1v) is 12.1. The van der Waals surface area contributed by atoms with Crippen molar-refractivity contribution in [2.75, 3.05) is 7.11 Å². The number of carbonyl (C=O) groups is 4. The lowest BCUT2D eigenvalue weighted by molar-refractivity contribution is -0.149. The molecule has 0 saturated heterocycles. The summed E-state index contributed by atoms with van der Waals surface area (Å²) in [5, 5.41) is 14.8. The van der Waals surface area contributed by atoms with Crippen LogP contribution in [0.1, 0.15) is 85.2 Å². The van der Waals surface area contributed by atoms with Gasteiger partial charge in [-0.2, -0.15) is 0 Å². The standard InChI is InChI=1S/C13H18N2O3.C12H16N2O3/c1-18-12(17)13(7-3-2-4-8-13)15-11(16)10-6-5-9-14-10;15-10(9-5-4-8-13-9)14-12(11(16)17)6-2-1-3-7-12/h5-6,9,14H,2-4,7-8H2,1H3,(H,15,16);4-5,8,13H,1-3,6-7H2,(H,14,15)(H,16,17). The van der Waals surface area contributed by atoms with E-state index in [-0.39, 0.29) is 17.8 Å². The number of carboxylic acid groups (broad SMARTS) is 1. The Morgan fingerprint density at radius 2 is 1.20 bits per heavy atom. The minimum Gasteiger partial charge on any atom is -0.480 e. The van der Waals surface area contributed by atoms with E-state index in [0.717, 1.165) is 38.5 Å². The zero-order chi connectivity index (χ0) is 25.3. The van der Waals surface area contributed by atoms with Gasteiger partial charge in [-0.05, 0) is 49.9 Å². The zero-order valence-electron chi connectivity index (χ0n) is 20.0. The van der Waals surface area contributed by atoms with Gasteiger partial charge < -0.3 is 30.4 Å². The van der Waals surface area contributed by atoms with E-state index in [2.05, 4.69) is 20.6 Å². The molecule has 0 spiro atoms. The number of aromatic amines is 2. The van der Waals surface area contributed by atoms with Crippen LogP contribution in [0.3, 0.4) is 0 Å². The van der Waals surface area contributed by atoms with Crippen LogP contribution in [-0.4, -0.2) is 57.0 Å². The fraction of sp³-hybridized carbons (Fsp3) is 0.520. The second kappa shape index (κ2) is 11.7. The molecule has 2 aromatic rings. The number of methoxy groups -OCH3 is 1. The maximum atomic E-state index is 12.0. The summed E-state index contributed by atoms with van der Waals surface area (Å²) in [7, 11) is 1.36. The molecule has 0 aromatic carbocycles. The van der Waals surface area contributed by atoms with E-state index in [1.165, 1.54) is 7.11 Å². The van der Waals surface area contributed by atoms with Gasteiger partial charge in [-0.15, -0.1) is 0 Å². The Kier molecular flexibility index (Phi) is 8.73. The van der Waals surface area contributed by atoms with Gasteiger partial charge in [0.1, 0.15) is 22.5 Å². The predicted molar refractivity (Wildman–Crippen MR) is 128 cm³/mol. The van der Waals surface area contributed by atoms with Crippen molar-refractivity contribution in [3.63, 3.8) is 0 Å². The Balaban J connectivity index is 0.000000196. The van der Waals surface area contributed by atoms with Crippen LogP contribution in [0.5, 0.6) is 0 Å². The van der Waals surface area contributed by atoms with E-state index in [9.17, 15) is 24.3 Å². The minimum absolute atomic E-state index is 0.257. The Labute approximate surface area is 204 Å². The average Bonchev–Trinajstić information content (AvgIpc) is 3.60. The zero-order valence-corrected chi connectivity index (χ0v) is 20.0. The number of aromatic nitrogens is 2. The van der Waals surface area contributed by atoms with Crippen LogP contribution in [0.4, 0.5) is 0 Å². The fourth-order valence-electron chi connectivity index (χ4n) is 4.79. The molecule has 2 fully saturated rings. The number of ether oxygens (including phenoxy) is 1. The third-order valence-corrected chi connectivity index (χ3v) is 6.79. The third kappa shape index (κ3) is 6.32. The summed E-state index contributed by atoms with van der Waals surface area (Å²) < 4.78 is 4.85. The first kappa shape index (κ1) is 26.1. The largest absolute Gasteiger partial charge is 0.480 e. The lowest BCUT2D eigenvalue weighted by Gasteiger charge is -2.35. The number of carbonyl (C=O) groups excluding carboxylic acids is 3. The maximum absolute atomic E-state index is 12.0. The molecule has 2 aromatic heterocycles. The van der Waals surface area contributed by atoms with Crippen molar-refractivity contribution in [3.05, 3.63) is 48.0 Å². The summed E-state index contributed by atoms with van der Waals surface area (Å²) in [4.78, 5) is 52.8.